The fourth-order valence-electron chi connectivity index (χ4n) is 1.85. The second-order valence-corrected chi connectivity index (χ2v) is 7.03. The fourth-order valence-corrected chi connectivity index (χ4v) is 3.09. The second kappa shape index (κ2) is 7.74. The molecule has 0 unspecified atom stereocenters. The third-order valence-electron chi connectivity index (χ3n) is 2.98. The molecule has 0 aliphatic carbocycles. The summed E-state index contributed by atoms with van der Waals surface area (Å²) in [4.78, 5) is 12.2. The number of halogens is 2. The Balaban J connectivity index is 1.60. The number of hydrogen-bond acceptors (Lipinski definition) is 5. The minimum absolute atomic E-state index is 0.246. The third kappa shape index (κ3) is 4.31. The van der Waals surface area contributed by atoms with Crippen molar-refractivity contribution in [1.82, 2.24) is 10.2 Å². The van der Waals surface area contributed by atoms with Gasteiger partial charge in [0, 0.05) is 9.50 Å². The predicted molar refractivity (Wildman–Crippen MR) is 97.8 cm³/mol. The number of carbonyl (C=O) groups is 1. The molecule has 0 spiro atoms. The quantitative estimate of drug-likeness (QED) is 0.640. The van der Waals surface area contributed by atoms with Crippen molar-refractivity contribution in [1.29, 1.82) is 0 Å². The van der Waals surface area contributed by atoms with Gasteiger partial charge in [0.25, 0.3) is 5.91 Å². The van der Waals surface area contributed by atoms with Crippen LogP contribution in [0.25, 0.3) is 0 Å². The molecule has 2 aromatic carbocycles. The van der Waals surface area contributed by atoms with Crippen LogP contribution in [0.2, 0.25) is 5.02 Å². The number of hydrogen-bond donors (Lipinski definition) is 1. The van der Waals surface area contributed by atoms with E-state index in [2.05, 4.69) is 31.4 Å². The normalized spacial score (nSPS) is 10.4. The monoisotopic (exact) mass is 423 g/mol. The Kier molecular flexibility index (Phi) is 5.44. The lowest BCUT2D eigenvalue weighted by molar-refractivity contribution is 0.102. The van der Waals surface area contributed by atoms with Crippen LogP contribution in [0, 0.1) is 0 Å². The van der Waals surface area contributed by atoms with Crippen molar-refractivity contribution in [2.24, 2.45) is 0 Å². The number of amides is 1. The van der Waals surface area contributed by atoms with E-state index in [0.29, 0.717) is 26.5 Å². The van der Waals surface area contributed by atoms with Crippen LogP contribution in [0.3, 0.4) is 0 Å². The SMILES string of the molecule is O=C(Nc1nnc(COc2ccc(Cl)cc2)s1)c1ccccc1Br. The van der Waals surface area contributed by atoms with E-state index in [9.17, 15) is 4.79 Å². The van der Waals surface area contributed by atoms with Gasteiger partial charge in [-0.15, -0.1) is 10.2 Å². The van der Waals surface area contributed by atoms with Crippen molar-refractivity contribution in [2.75, 3.05) is 5.32 Å². The summed E-state index contributed by atoms with van der Waals surface area (Å²) in [6, 6.07) is 14.2. The van der Waals surface area contributed by atoms with Gasteiger partial charge in [-0.1, -0.05) is 35.1 Å². The average Bonchev–Trinajstić information content (AvgIpc) is 3.02. The van der Waals surface area contributed by atoms with Crippen LogP contribution in [-0.2, 0) is 6.61 Å². The molecular formula is C16H11BrClN3O2S. The zero-order valence-corrected chi connectivity index (χ0v) is 15.4. The van der Waals surface area contributed by atoms with E-state index < -0.39 is 0 Å². The first-order valence-electron chi connectivity index (χ1n) is 6.88. The van der Waals surface area contributed by atoms with Crippen molar-refractivity contribution >= 4 is 49.9 Å². The van der Waals surface area contributed by atoms with E-state index in [1.165, 1.54) is 11.3 Å². The van der Waals surface area contributed by atoms with Crippen LogP contribution < -0.4 is 10.1 Å². The Hall–Kier alpha value is -1.96. The van der Waals surface area contributed by atoms with Gasteiger partial charge in [-0.2, -0.15) is 0 Å². The van der Waals surface area contributed by atoms with E-state index in [4.69, 9.17) is 16.3 Å². The molecule has 0 aliphatic heterocycles. The molecule has 1 amide bonds. The summed E-state index contributed by atoms with van der Waals surface area (Å²) in [5, 5.41) is 12.4. The first kappa shape index (κ1) is 16.9. The second-order valence-electron chi connectivity index (χ2n) is 4.68. The maximum absolute atomic E-state index is 12.2. The molecule has 3 aromatic rings. The molecule has 0 aliphatic rings. The Morgan fingerprint density at radius 3 is 2.67 bits per heavy atom. The summed E-state index contributed by atoms with van der Waals surface area (Å²) in [6.45, 7) is 0.268. The summed E-state index contributed by atoms with van der Waals surface area (Å²) >= 11 is 10.4. The van der Waals surface area contributed by atoms with Gasteiger partial charge in [-0.05, 0) is 52.3 Å². The third-order valence-corrected chi connectivity index (χ3v) is 4.74. The molecule has 0 saturated heterocycles. The average molecular weight is 425 g/mol. The topological polar surface area (TPSA) is 64.1 Å². The van der Waals surface area contributed by atoms with Gasteiger partial charge in [0.05, 0.1) is 5.56 Å². The van der Waals surface area contributed by atoms with E-state index in [0.717, 1.165) is 4.47 Å². The number of rotatable bonds is 5. The van der Waals surface area contributed by atoms with Crippen molar-refractivity contribution < 1.29 is 9.53 Å². The molecule has 0 radical (unpaired) electrons. The number of benzene rings is 2. The standard InChI is InChI=1S/C16H11BrClN3O2S/c17-13-4-2-1-3-12(13)15(22)19-16-21-20-14(24-16)9-23-11-7-5-10(18)6-8-11/h1-8H,9H2,(H,19,21,22). The highest BCUT2D eigenvalue weighted by Crippen LogP contribution is 2.22. The van der Waals surface area contributed by atoms with Crippen LogP contribution in [-0.4, -0.2) is 16.1 Å². The maximum atomic E-state index is 12.2. The van der Waals surface area contributed by atoms with E-state index >= 15 is 0 Å². The molecule has 3 rings (SSSR count). The molecule has 122 valence electrons. The number of nitrogens with zero attached hydrogens (tertiary/aromatic N) is 2. The van der Waals surface area contributed by atoms with Crippen molar-refractivity contribution in [2.45, 2.75) is 6.61 Å². The summed E-state index contributed by atoms with van der Waals surface area (Å²) in [5.41, 5.74) is 0.534. The summed E-state index contributed by atoms with van der Waals surface area (Å²) < 4.78 is 6.32. The highest BCUT2D eigenvalue weighted by Gasteiger charge is 2.12. The van der Waals surface area contributed by atoms with Crippen LogP contribution in [0.1, 0.15) is 15.4 Å². The minimum atomic E-state index is -0.246. The lowest BCUT2D eigenvalue weighted by Gasteiger charge is -2.03. The number of ether oxygens (including phenoxy) is 1. The maximum Gasteiger partial charge on any atom is 0.258 e. The number of anilines is 1. The lowest BCUT2D eigenvalue weighted by atomic mass is 10.2. The largest absolute Gasteiger partial charge is 0.486 e. The molecule has 24 heavy (non-hydrogen) atoms. The van der Waals surface area contributed by atoms with Gasteiger partial charge < -0.3 is 4.74 Å². The summed E-state index contributed by atoms with van der Waals surface area (Å²) in [7, 11) is 0. The highest BCUT2D eigenvalue weighted by molar-refractivity contribution is 9.10. The van der Waals surface area contributed by atoms with Gasteiger partial charge in [-0.25, -0.2) is 0 Å². The zero-order valence-electron chi connectivity index (χ0n) is 12.2. The molecule has 0 saturated carbocycles. The smallest absolute Gasteiger partial charge is 0.258 e. The van der Waals surface area contributed by atoms with E-state index in [-0.39, 0.29) is 12.5 Å². The first-order valence-corrected chi connectivity index (χ1v) is 8.87. The fraction of sp³-hybridized carbons (Fsp3) is 0.0625. The number of aromatic nitrogens is 2. The van der Waals surface area contributed by atoms with Crippen molar-refractivity contribution in [3.8, 4) is 5.75 Å². The van der Waals surface area contributed by atoms with E-state index in [1.807, 2.05) is 6.07 Å². The van der Waals surface area contributed by atoms with Crippen molar-refractivity contribution in [3.63, 3.8) is 0 Å². The molecule has 1 N–H and O–H groups in total. The molecule has 1 aromatic heterocycles. The molecule has 0 fully saturated rings. The number of carbonyl (C=O) groups excluding carboxylic acids is 1. The molecule has 0 bridgehead atoms. The molecule has 8 heteroatoms. The lowest BCUT2D eigenvalue weighted by Crippen LogP contribution is -2.12. The number of nitrogens with one attached hydrogen (secondary N) is 1. The summed E-state index contributed by atoms with van der Waals surface area (Å²) in [5.74, 6) is 0.442. The molecule has 1 heterocycles. The first-order chi connectivity index (χ1) is 11.6. The van der Waals surface area contributed by atoms with Gasteiger partial charge in [0.2, 0.25) is 5.13 Å². The van der Waals surface area contributed by atoms with Crippen LogP contribution in [0.15, 0.2) is 53.0 Å². The summed E-state index contributed by atoms with van der Waals surface area (Å²) in [6.07, 6.45) is 0. The molecular weight excluding hydrogens is 414 g/mol. The van der Waals surface area contributed by atoms with E-state index in [1.54, 1.807) is 42.5 Å². The van der Waals surface area contributed by atoms with Crippen molar-refractivity contribution in [3.05, 3.63) is 68.6 Å². The van der Waals surface area contributed by atoms with Gasteiger partial charge in [0.15, 0.2) is 5.01 Å². The molecule has 0 atom stereocenters. The van der Waals surface area contributed by atoms with Crippen LogP contribution in [0.5, 0.6) is 5.75 Å². The Bertz CT molecular complexity index is 855. The Morgan fingerprint density at radius 2 is 1.92 bits per heavy atom. The van der Waals surface area contributed by atoms with Gasteiger partial charge >= 0.3 is 0 Å². The van der Waals surface area contributed by atoms with Crippen LogP contribution >= 0.6 is 38.9 Å². The highest BCUT2D eigenvalue weighted by atomic mass is 79.9. The molecule has 5 nitrogen and oxygen atoms in total. The van der Waals surface area contributed by atoms with Crippen LogP contribution in [0.4, 0.5) is 5.13 Å². The predicted octanol–water partition coefficient (Wildman–Crippen LogP) is 4.79. The zero-order chi connectivity index (χ0) is 16.9. The minimum Gasteiger partial charge on any atom is -0.486 e. The Labute approximate surface area is 155 Å². The Morgan fingerprint density at radius 1 is 1.17 bits per heavy atom. The van der Waals surface area contributed by atoms with Gasteiger partial charge in [0.1, 0.15) is 12.4 Å². The van der Waals surface area contributed by atoms with Gasteiger partial charge in [-0.3, -0.25) is 10.1 Å².